The van der Waals surface area contributed by atoms with Gasteiger partial charge in [-0.15, -0.1) is 0 Å². The van der Waals surface area contributed by atoms with E-state index in [0.717, 1.165) is 24.6 Å². The summed E-state index contributed by atoms with van der Waals surface area (Å²) in [5.41, 5.74) is -0.00773. The number of carbonyl (C=O) groups is 1. The van der Waals surface area contributed by atoms with Gasteiger partial charge < -0.3 is 10.6 Å². The molecule has 0 atom stereocenters. The van der Waals surface area contributed by atoms with Gasteiger partial charge in [0, 0.05) is 6.54 Å². The second-order valence-corrected chi connectivity index (χ2v) is 3.33. The Morgan fingerprint density at radius 1 is 1.38 bits per heavy atom. The minimum atomic E-state index is -0.579. The molecule has 1 aromatic rings. The Kier molecular flexibility index (Phi) is 4.69. The first-order valence-electron chi connectivity index (χ1n) is 5.09. The van der Waals surface area contributed by atoms with E-state index in [1.165, 1.54) is 0 Å². The third-order valence-corrected chi connectivity index (χ3v) is 1.94. The highest BCUT2D eigenvalue weighted by Crippen LogP contribution is 2.14. The van der Waals surface area contributed by atoms with Crippen LogP contribution in [0.5, 0.6) is 0 Å². The van der Waals surface area contributed by atoms with E-state index in [0.29, 0.717) is 6.54 Å². The van der Waals surface area contributed by atoms with Crippen molar-refractivity contribution < 1.29 is 13.6 Å². The summed E-state index contributed by atoms with van der Waals surface area (Å²) in [6.07, 6.45) is 0.833. The Bertz CT molecular complexity index is 369. The van der Waals surface area contributed by atoms with Crippen molar-refractivity contribution in [2.24, 2.45) is 0 Å². The highest BCUT2D eigenvalue weighted by Gasteiger charge is 2.05. The van der Waals surface area contributed by atoms with Gasteiger partial charge in [-0.3, -0.25) is 4.79 Å². The third-order valence-electron chi connectivity index (χ3n) is 1.94. The molecule has 0 saturated heterocycles. The Morgan fingerprint density at radius 3 is 2.81 bits per heavy atom. The van der Waals surface area contributed by atoms with Crippen molar-refractivity contribution in [1.82, 2.24) is 5.32 Å². The lowest BCUT2D eigenvalue weighted by atomic mass is 10.3. The van der Waals surface area contributed by atoms with Crippen LogP contribution in [0.2, 0.25) is 0 Å². The van der Waals surface area contributed by atoms with E-state index in [-0.39, 0.29) is 18.1 Å². The van der Waals surface area contributed by atoms with Gasteiger partial charge in [-0.25, -0.2) is 8.78 Å². The molecule has 0 fully saturated rings. The third kappa shape index (κ3) is 3.84. The molecular weight excluding hydrogens is 214 g/mol. The predicted molar refractivity (Wildman–Crippen MR) is 58.1 cm³/mol. The molecular formula is C11H14F2N2O. The summed E-state index contributed by atoms with van der Waals surface area (Å²) < 4.78 is 25.9. The Hall–Kier alpha value is -1.65. The van der Waals surface area contributed by atoms with Crippen LogP contribution < -0.4 is 10.6 Å². The molecule has 1 aromatic carbocycles. The molecule has 0 bridgehead atoms. The lowest BCUT2D eigenvalue weighted by Gasteiger charge is -2.07. The molecule has 1 rings (SSSR count). The standard InChI is InChI=1S/C11H14F2N2O/c1-2-5-14-11(16)7-15-10-6-8(12)3-4-9(10)13/h3-4,6,15H,2,5,7H2,1H3,(H,14,16). The number of halogens is 2. The van der Waals surface area contributed by atoms with Gasteiger partial charge in [-0.2, -0.15) is 0 Å². The van der Waals surface area contributed by atoms with Gasteiger partial charge >= 0.3 is 0 Å². The van der Waals surface area contributed by atoms with E-state index in [4.69, 9.17) is 0 Å². The molecule has 0 spiro atoms. The van der Waals surface area contributed by atoms with Crippen molar-refractivity contribution in [3.8, 4) is 0 Å². The zero-order chi connectivity index (χ0) is 12.0. The topological polar surface area (TPSA) is 41.1 Å². The van der Waals surface area contributed by atoms with E-state index in [2.05, 4.69) is 10.6 Å². The lowest BCUT2D eigenvalue weighted by molar-refractivity contribution is -0.119. The van der Waals surface area contributed by atoms with Crippen molar-refractivity contribution in [2.75, 3.05) is 18.4 Å². The number of benzene rings is 1. The molecule has 16 heavy (non-hydrogen) atoms. The SMILES string of the molecule is CCCNC(=O)CNc1cc(F)ccc1F. The Labute approximate surface area is 92.8 Å². The predicted octanol–water partition coefficient (Wildman–Crippen LogP) is 1.90. The fourth-order valence-electron chi connectivity index (χ4n) is 1.14. The van der Waals surface area contributed by atoms with Crippen molar-refractivity contribution in [1.29, 1.82) is 0 Å². The monoisotopic (exact) mass is 228 g/mol. The van der Waals surface area contributed by atoms with Gasteiger partial charge in [0.2, 0.25) is 5.91 Å². The van der Waals surface area contributed by atoms with Gasteiger partial charge in [0.05, 0.1) is 12.2 Å². The van der Waals surface area contributed by atoms with Gasteiger partial charge in [0.25, 0.3) is 0 Å². The molecule has 0 aliphatic heterocycles. The summed E-state index contributed by atoms with van der Waals surface area (Å²) in [4.78, 5) is 11.2. The van der Waals surface area contributed by atoms with Crippen LogP contribution in [0.4, 0.5) is 14.5 Å². The molecule has 0 unspecified atom stereocenters. The summed E-state index contributed by atoms with van der Waals surface area (Å²) in [5, 5.41) is 5.15. The van der Waals surface area contributed by atoms with E-state index < -0.39 is 11.6 Å². The van der Waals surface area contributed by atoms with Crippen LogP contribution >= 0.6 is 0 Å². The first-order valence-corrected chi connectivity index (χ1v) is 5.09. The minimum Gasteiger partial charge on any atom is -0.374 e. The van der Waals surface area contributed by atoms with Crippen molar-refractivity contribution in [3.63, 3.8) is 0 Å². The molecule has 88 valence electrons. The maximum atomic E-state index is 13.1. The van der Waals surface area contributed by atoms with Gasteiger partial charge in [0.1, 0.15) is 11.6 Å². The molecule has 0 aromatic heterocycles. The van der Waals surface area contributed by atoms with E-state index in [1.54, 1.807) is 0 Å². The normalized spacial score (nSPS) is 9.94. The molecule has 2 N–H and O–H groups in total. The molecule has 0 aliphatic carbocycles. The molecule has 5 heteroatoms. The van der Waals surface area contributed by atoms with Crippen LogP contribution in [0.3, 0.4) is 0 Å². The Balaban J connectivity index is 2.47. The van der Waals surface area contributed by atoms with Crippen LogP contribution in [0.25, 0.3) is 0 Å². The summed E-state index contributed by atoms with van der Waals surface area (Å²) in [6.45, 7) is 2.44. The number of anilines is 1. The second-order valence-electron chi connectivity index (χ2n) is 3.33. The van der Waals surface area contributed by atoms with Crippen LogP contribution in [-0.2, 0) is 4.79 Å². The Morgan fingerprint density at radius 2 is 2.12 bits per heavy atom. The number of hydrogen-bond donors (Lipinski definition) is 2. The summed E-state index contributed by atoms with van der Waals surface area (Å²) in [5.74, 6) is -1.37. The molecule has 0 saturated carbocycles. The maximum absolute atomic E-state index is 13.1. The molecule has 0 heterocycles. The summed E-state index contributed by atoms with van der Waals surface area (Å²) in [7, 11) is 0. The van der Waals surface area contributed by atoms with Gasteiger partial charge in [-0.05, 0) is 24.6 Å². The van der Waals surface area contributed by atoms with E-state index in [1.807, 2.05) is 6.92 Å². The summed E-state index contributed by atoms with van der Waals surface area (Å²) in [6, 6.07) is 3.06. The number of rotatable bonds is 5. The second kappa shape index (κ2) is 6.05. The van der Waals surface area contributed by atoms with Gasteiger partial charge in [0.15, 0.2) is 0 Å². The first-order chi connectivity index (χ1) is 7.63. The zero-order valence-electron chi connectivity index (χ0n) is 9.02. The quantitative estimate of drug-likeness (QED) is 0.808. The number of amides is 1. The first kappa shape index (κ1) is 12.4. The highest BCUT2D eigenvalue weighted by atomic mass is 19.1. The fraction of sp³-hybridized carbons (Fsp3) is 0.364. The van der Waals surface area contributed by atoms with E-state index >= 15 is 0 Å². The average Bonchev–Trinajstić information content (AvgIpc) is 2.27. The van der Waals surface area contributed by atoms with Crippen LogP contribution in [-0.4, -0.2) is 19.0 Å². The fourth-order valence-corrected chi connectivity index (χ4v) is 1.14. The molecule has 1 amide bonds. The lowest BCUT2D eigenvalue weighted by Crippen LogP contribution is -2.30. The zero-order valence-corrected chi connectivity index (χ0v) is 9.02. The number of nitrogens with one attached hydrogen (secondary N) is 2. The van der Waals surface area contributed by atoms with E-state index in [9.17, 15) is 13.6 Å². The highest BCUT2D eigenvalue weighted by molar-refractivity contribution is 5.80. The van der Waals surface area contributed by atoms with Crippen LogP contribution in [0.1, 0.15) is 13.3 Å². The van der Waals surface area contributed by atoms with Crippen LogP contribution in [0, 0.1) is 11.6 Å². The molecule has 0 radical (unpaired) electrons. The van der Waals surface area contributed by atoms with Crippen molar-refractivity contribution in [3.05, 3.63) is 29.8 Å². The molecule has 0 aliphatic rings. The number of hydrogen-bond acceptors (Lipinski definition) is 2. The summed E-state index contributed by atoms with van der Waals surface area (Å²) >= 11 is 0. The molecule has 3 nitrogen and oxygen atoms in total. The number of carbonyl (C=O) groups excluding carboxylic acids is 1. The van der Waals surface area contributed by atoms with Crippen molar-refractivity contribution in [2.45, 2.75) is 13.3 Å². The largest absolute Gasteiger partial charge is 0.374 e. The maximum Gasteiger partial charge on any atom is 0.239 e. The van der Waals surface area contributed by atoms with Gasteiger partial charge in [-0.1, -0.05) is 6.92 Å². The van der Waals surface area contributed by atoms with Crippen LogP contribution in [0.15, 0.2) is 18.2 Å². The average molecular weight is 228 g/mol. The van der Waals surface area contributed by atoms with Crippen molar-refractivity contribution >= 4 is 11.6 Å². The minimum absolute atomic E-state index is 0.00773. The smallest absolute Gasteiger partial charge is 0.239 e.